The predicted octanol–water partition coefficient (Wildman–Crippen LogP) is 4.02. The van der Waals surface area contributed by atoms with Crippen molar-refractivity contribution in [3.8, 4) is 0 Å². The molecule has 2 fully saturated rings. The molecule has 2 aliphatic rings. The Balaban J connectivity index is 1.53. The quantitative estimate of drug-likeness (QED) is 0.560. The summed E-state index contributed by atoms with van der Waals surface area (Å²) in [5.41, 5.74) is 2.41. The molecule has 7 nitrogen and oxygen atoms in total. The van der Waals surface area contributed by atoms with Crippen LogP contribution in [0, 0.1) is 19.7 Å². The first kappa shape index (κ1) is 22.8. The molecular weight excluding hydrogens is 447 g/mol. The van der Waals surface area contributed by atoms with Gasteiger partial charge in [-0.25, -0.2) is 9.37 Å². The van der Waals surface area contributed by atoms with Crippen molar-refractivity contribution in [1.82, 2.24) is 15.2 Å². The fourth-order valence-corrected chi connectivity index (χ4v) is 4.91. The summed E-state index contributed by atoms with van der Waals surface area (Å²) in [4.78, 5) is 7.12. The van der Waals surface area contributed by atoms with Gasteiger partial charge < -0.3 is 20.1 Å². The molecule has 34 heavy (non-hydrogen) atoms. The molecule has 2 bridgehead atoms. The van der Waals surface area contributed by atoms with Crippen LogP contribution in [0.25, 0.3) is 10.9 Å². The van der Waals surface area contributed by atoms with Gasteiger partial charge in [-0.3, -0.25) is 0 Å². The van der Waals surface area contributed by atoms with Gasteiger partial charge in [0.25, 0.3) is 5.92 Å². The summed E-state index contributed by atoms with van der Waals surface area (Å²) >= 11 is 0. The lowest BCUT2D eigenvalue weighted by atomic mass is 9.90. The number of anilines is 2. The van der Waals surface area contributed by atoms with E-state index in [4.69, 9.17) is 14.8 Å². The molecule has 0 radical (unpaired) electrons. The molecule has 2 N–H and O–H groups in total. The Hall–Kier alpha value is -2.98. The first-order chi connectivity index (χ1) is 16.2. The van der Waals surface area contributed by atoms with E-state index < -0.39 is 30.0 Å². The number of aliphatic hydroxyl groups excluding tert-OH is 1. The minimum Gasteiger partial charge on any atom is -0.390 e. The number of fused-ring (bicyclic) bond motifs is 3. The maximum atomic E-state index is 15.0. The molecule has 0 aliphatic carbocycles. The molecule has 5 rings (SSSR count). The van der Waals surface area contributed by atoms with E-state index in [1.165, 1.54) is 12.1 Å². The average molecular weight is 473 g/mol. The third-order valence-corrected chi connectivity index (χ3v) is 6.75. The van der Waals surface area contributed by atoms with Gasteiger partial charge in [-0.1, -0.05) is 12.1 Å². The summed E-state index contributed by atoms with van der Waals surface area (Å²) in [6, 6.07) is 5.71. The van der Waals surface area contributed by atoms with Gasteiger partial charge in [-0.15, -0.1) is 5.10 Å². The number of alkyl halides is 2. The van der Waals surface area contributed by atoms with E-state index in [9.17, 15) is 13.2 Å². The highest BCUT2D eigenvalue weighted by Gasteiger charge is 2.43. The molecule has 2 saturated heterocycles. The Bertz CT molecular complexity index is 1240. The number of hydrogen-bond acceptors (Lipinski definition) is 7. The van der Waals surface area contributed by atoms with Crippen molar-refractivity contribution in [2.75, 3.05) is 30.0 Å². The number of benzene rings is 1. The average Bonchev–Trinajstić information content (AvgIpc) is 2.82. The van der Waals surface area contributed by atoms with Crippen LogP contribution in [0.4, 0.5) is 24.7 Å². The molecule has 2 unspecified atom stereocenters. The number of ether oxygens (including phenoxy) is 1. The summed E-state index contributed by atoms with van der Waals surface area (Å²) in [5.74, 6) is -4.34. The van der Waals surface area contributed by atoms with Crippen molar-refractivity contribution in [3.63, 3.8) is 0 Å². The topological polar surface area (TPSA) is 83.4 Å². The van der Waals surface area contributed by atoms with Crippen LogP contribution in [0.5, 0.6) is 0 Å². The van der Waals surface area contributed by atoms with Gasteiger partial charge in [0.1, 0.15) is 12.4 Å². The maximum absolute atomic E-state index is 15.0. The number of halogens is 3. The van der Waals surface area contributed by atoms with Crippen molar-refractivity contribution in [1.29, 1.82) is 0 Å². The zero-order chi connectivity index (χ0) is 24.2. The summed E-state index contributed by atoms with van der Waals surface area (Å²) in [7, 11) is 0. The zero-order valence-electron chi connectivity index (χ0n) is 19.1. The number of nitrogens with one attached hydrogen (secondary N) is 1. The van der Waals surface area contributed by atoms with Crippen molar-refractivity contribution in [2.24, 2.45) is 0 Å². The lowest BCUT2D eigenvalue weighted by molar-refractivity contribution is -0.0583. The van der Waals surface area contributed by atoms with E-state index in [0.717, 1.165) is 29.3 Å². The molecule has 0 amide bonds. The second-order valence-corrected chi connectivity index (χ2v) is 9.05. The molecule has 2 aliphatic heterocycles. The highest BCUT2D eigenvalue weighted by Crippen LogP contribution is 2.40. The van der Waals surface area contributed by atoms with E-state index in [-0.39, 0.29) is 5.56 Å². The van der Waals surface area contributed by atoms with Gasteiger partial charge >= 0.3 is 0 Å². The Labute approximate surface area is 195 Å². The SMILES string of the molecule is Cc1nc2c(C)nnc(N[C@H](C)c3cccc(C(F)(F)CO)c3F)c2cc1N1C2COCC1C2. The Morgan fingerprint density at radius 1 is 1.21 bits per heavy atom. The number of hydrogen-bond donors (Lipinski definition) is 2. The van der Waals surface area contributed by atoms with Gasteiger partial charge in [0, 0.05) is 10.9 Å². The van der Waals surface area contributed by atoms with Crippen LogP contribution in [-0.4, -0.2) is 52.2 Å². The highest BCUT2D eigenvalue weighted by molar-refractivity contribution is 5.93. The molecule has 1 aromatic carbocycles. The lowest BCUT2D eigenvalue weighted by Crippen LogP contribution is -2.64. The van der Waals surface area contributed by atoms with Crippen LogP contribution in [0.1, 0.15) is 41.9 Å². The van der Waals surface area contributed by atoms with Crippen LogP contribution in [0.15, 0.2) is 24.3 Å². The second kappa shape index (κ2) is 8.35. The summed E-state index contributed by atoms with van der Waals surface area (Å²) in [6.45, 7) is 5.32. The predicted molar refractivity (Wildman–Crippen MR) is 122 cm³/mol. The lowest BCUT2D eigenvalue weighted by Gasteiger charge is -2.54. The normalized spacial score (nSPS) is 20.9. The van der Waals surface area contributed by atoms with Gasteiger partial charge in [-0.05, 0) is 39.3 Å². The standard InChI is InChI=1S/C24H26F3N5O2/c1-12(17-5-4-6-19(21(17)25)24(26,27)11-33)29-23-18-8-20(32-15-7-16(32)10-34-9-15)13(2)28-22(18)14(3)30-31-23/h4-6,8,12,15-16,33H,7,9-11H2,1-3H3,(H,29,31)/t12-,15?,16?/m1/s1. The van der Waals surface area contributed by atoms with Gasteiger partial charge in [0.05, 0.1) is 59.5 Å². The third kappa shape index (κ3) is 3.65. The summed E-state index contributed by atoms with van der Waals surface area (Å²) in [6.07, 6.45) is 1.08. The van der Waals surface area contributed by atoms with Crippen molar-refractivity contribution >= 4 is 22.4 Å². The van der Waals surface area contributed by atoms with E-state index in [2.05, 4.69) is 20.4 Å². The number of pyridine rings is 1. The molecule has 4 heterocycles. The number of aromatic nitrogens is 3. The van der Waals surface area contributed by atoms with E-state index >= 15 is 0 Å². The molecule has 3 aromatic rings. The Morgan fingerprint density at radius 2 is 1.94 bits per heavy atom. The minimum absolute atomic E-state index is 0.0378. The minimum atomic E-state index is -3.68. The number of morpholine rings is 1. The zero-order valence-corrected chi connectivity index (χ0v) is 19.1. The van der Waals surface area contributed by atoms with Crippen molar-refractivity contribution in [3.05, 3.63) is 52.6 Å². The number of aryl methyl sites for hydroxylation is 2. The van der Waals surface area contributed by atoms with Gasteiger partial charge in [0.2, 0.25) is 0 Å². The summed E-state index contributed by atoms with van der Waals surface area (Å²) in [5, 5.41) is 21.3. The van der Waals surface area contributed by atoms with Gasteiger partial charge in [-0.2, -0.15) is 13.9 Å². The van der Waals surface area contributed by atoms with Crippen LogP contribution in [0.3, 0.4) is 0 Å². The maximum Gasteiger partial charge on any atom is 0.298 e. The molecule has 180 valence electrons. The Kier molecular flexibility index (Phi) is 5.60. The van der Waals surface area contributed by atoms with Crippen molar-refractivity contribution < 1.29 is 23.0 Å². The smallest absolute Gasteiger partial charge is 0.298 e. The van der Waals surface area contributed by atoms with Crippen LogP contribution < -0.4 is 10.2 Å². The fraction of sp³-hybridized carbons (Fsp3) is 0.458. The first-order valence-electron chi connectivity index (χ1n) is 11.3. The fourth-order valence-electron chi connectivity index (χ4n) is 4.91. The number of aliphatic hydroxyl groups is 1. The van der Waals surface area contributed by atoms with E-state index in [0.29, 0.717) is 42.3 Å². The number of nitrogens with zero attached hydrogens (tertiary/aromatic N) is 4. The molecule has 2 aromatic heterocycles. The van der Waals surface area contributed by atoms with E-state index in [1.54, 1.807) is 6.92 Å². The van der Waals surface area contributed by atoms with Gasteiger partial charge in [0.15, 0.2) is 5.82 Å². The molecule has 10 heteroatoms. The molecule has 0 spiro atoms. The Morgan fingerprint density at radius 3 is 2.62 bits per heavy atom. The molecule has 3 atom stereocenters. The number of rotatable bonds is 6. The largest absolute Gasteiger partial charge is 0.390 e. The molecule has 0 saturated carbocycles. The monoisotopic (exact) mass is 473 g/mol. The van der Waals surface area contributed by atoms with Crippen LogP contribution in [0.2, 0.25) is 0 Å². The second-order valence-electron chi connectivity index (χ2n) is 9.05. The van der Waals surface area contributed by atoms with E-state index in [1.807, 2.05) is 19.9 Å². The first-order valence-corrected chi connectivity index (χ1v) is 11.3. The van der Waals surface area contributed by atoms with Crippen LogP contribution in [-0.2, 0) is 10.7 Å². The van der Waals surface area contributed by atoms with Crippen molar-refractivity contribution in [2.45, 2.75) is 51.2 Å². The molecular formula is C24H26F3N5O2. The van der Waals surface area contributed by atoms with Crippen LogP contribution >= 0.6 is 0 Å². The highest BCUT2D eigenvalue weighted by atomic mass is 19.3. The summed E-state index contributed by atoms with van der Waals surface area (Å²) < 4.78 is 48.6. The third-order valence-electron chi connectivity index (χ3n) is 6.75.